The van der Waals surface area contributed by atoms with E-state index in [1.54, 1.807) is 19.2 Å². The van der Waals surface area contributed by atoms with Crippen LogP contribution in [0.3, 0.4) is 0 Å². The Hall–Kier alpha value is -3.35. The number of aliphatic carboxylic acids is 2. The second-order valence-corrected chi connectivity index (χ2v) is 11.9. The maximum Gasteiger partial charge on any atom is 0.328 e. The van der Waals surface area contributed by atoms with Crippen molar-refractivity contribution in [3.63, 3.8) is 0 Å². The van der Waals surface area contributed by atoms with Gasteiger partial charge in [-0.25, -0.2) is 9.59 Å². The molecule has 0 aromatic heterocycles. The van der Waals surface area contributed by atoms with Crippen LogP contribution in [0.25, 0.3) is 0 Å². The van der Waals surface area contributed by atoms with Gasteiger partial charge in [0.2, 0.25) is 5.91 Å². The summed E-state index contributed by atoms with van der Waals surface area (Å²) in [6.45, 7) is 10.2. The van der Waals surface area contributed by atoms with Gasteiger partial charge in [0.1, 0.15) is 5.75 Å². The summed E-state index contributed by atoms with van der Waals surface area (Å²) < 4.78 is 11.1. The first-order chi connectivity index (χ1) is 19.7. The molecule has 2 fully saturated rings. The van der Waals surface area contributed by atoms with E-state index in [4.69, 9.17) is 37.0 Å². The highest BCUT2D eigenvalue weighted by Gasteiger charge is 2.34. The molecule has 13 heteroatoms. The molecule has 2 aliphatic heterocycles. The van der Waals surface area contributed by atoms with Gasteiger partial charge in [0.25, 0.3) is 5.91 Å². The lowest BCUT2D eigenvalue weighted by Gasteiger charge is -2.41. The van der Waals surface area contributed by atoms with Crippen molar-refractivity contribution >= 4 is 41.0 Å². The highest BCUT2D eigenvalue weighted by molar-refractivity contribution is 6.33. The summed E-state index contributed by atoms with van der Waals surface area (Å²) in [5.41, 5.74) is 6.24. The molecule has 2 atom stereocenters. The fourth-order valence-electron chi connectivity index (χ4n) is 5.01. The quantitative estimate of drug-likeness (QED) is 0.253. The zero-order valence-corrected chi connectivity index (χ0v) is 25.6. The van der Waals surface area contributed by atoms with Gasteiger partial charge in [0.15, 0.2) is 0 Å². The maximum absolute atomic E-state index is 13.0. The molecule has 0 spiro atoms. The van der Waals surface area contributed by atoms with Crippen LogP contribution in [0.2, 0.25) is 5.02 Å². The van der Waals surface area contributed by atoms with Gasteiger partial charge in [-0.1, -0.05) is 32.4 Å². The van der Waals surface area contributed by atoms with Gasteiger partial charge in [-0.2, -0.15) is 0 Å². The van der Waals surface area contributed by atoms with Crippen molar-refractivity contribution in [2.75, 3.05) is 52.7 Å². The van der Waals surface area contributed by atoms with E-state index in [2.05, 4.69) is 10.2 Å². The molecule has 0 aliphatic carbocycles. The highest BCUT2D eigenvalue weighted by atomic mass is 35.5. The van der Waals surface area contributed by atoms with Gasteiger partial charge in [0.05, 0.1) is 35.5 Å². The number of carbonyl (C=O) groups excluding carboxylic acids is 2. The van der Waals surface area contributed by atoms with Gasteiger partial charge in [-0.05, 0) is 31.2 Å². The summed E-state index contributed by atoms with van der Waals surface area (Å²) >= 11 is 6.13. The highest BCUT2D eigenvalue weighted by Crippen LogP contribution is 2.30. The summed E-state index contributed by atoms with van der Waals surface area (Å²) in [7, 11) is 3.18. The Kier molecular flexibility index (Phi) is 13.1. The number of hydrogen-bond donors (Lipinski definition) is 4. The number of likely N-dealkylation sites (tertiary alicyclic amines) is 2. The predicted molar refractivity (Wildman–Crippen MR) is 159 cm³/mol. The molecule has 2 heterocycles. The number of anilines is 1. The SMILES string of the molecule is COc1cc(N)c(Cl)cc1C(=O)N[C@H]1CCN(CC2CCN(C(=O)C(C)(C)C)CC2)C[C@H]1OC.O=C(O)/C=C\C(=O)O. The van der Waals surface area contributed by atoms with Gasteiger partial charge >= 0.3 is 11.9 Å². The molecule has 0 saturated carbocycles. The average Bonchev–Trinajstić information content (AvgIpc) is 2.93. The van der Waals surface area contributed by atoms with Gasteiger partial charge in [-0.15, -0.1) is 0 Å². The first-order valence-electron chi connectivity index (χ1n) is 13.8. The number of carbonyl (C=O) groups is 4. The fraction of sp³-hybridized carbons (Fsp3) is 0.586. The van der Waals surface area contributed by atoms with E-state index in [1.165, 1.54) is 7.11 Å². The van der Waals surface area contributed by atoms with E-state index in [-0.39, 0.29) is 29.4 Å². The van der Waals surface area contributed by atoms with Gasteiger partial charge < -0.3 is 40.5 Å². The third kappa shape index (κ3) is 10.5. The smallest absolute Gasteiger partial charge is 0.328 e. The number of halogens is 1. The predicted octanol–water partition coefficient (Wildman–Crippen LogP) is 2.75. The number of nitrogen functional groups attached to an aromatic ring is 1. The number of carboxylic acid groups (broad SMARTS) is 2. The molecule has 2 saturated heterocycles. The van der Waals surface area contributed by atoms with Crippen LogP contribution in [0.5, 0.6) is 5.75 Å². The van der Waals surface area contributed by atoms with Crippen LogP contribution in [0.1, 0.15) is 50.4 Å². The van der Waals surface area contributed by atoms with Crippen molar-refractivity contribution in [3.8, 4) is 5.75 Å². The van der Waals surface area contributed by atoms with Crippen molar-refractivity contribution in [1.82, 2.24) is 15.1 Å². The normalized spacial score (nSPS) is 20.0. The number of nitrogens with zero attached hydrogens (tertiary/aromatic N) is 2. The van der Waals surface area contributed by atoms with Crippen molar-refractivity contribution in [2.24, 2.45) is 11.3 Å². The molecule has 5 N–H and O–H groups in total. The number of nitrogens with one attached hydrogen (secondary N) is 1. The standard InChI is InChI=1S/C25H39ClN4O4.C4H4O4/c1-25(2,3)24(32)30-10-6-16(7-11-30)14-29-9-8-20(22(15-29)34-5)28-23(31)17-12-18(26)19(27)13-21(17)33-4;5-3(6)1-2-4(7)8/h12-13,16,20,22H,6-11,14-15,27H2,1-5H3,(H,28,31);1-2H,(H,5,6)(H,7,8)/b;2-1-/t20-,22+;/m0./s1. The van der Waals surface area contributed by atoms with E-state index in [1.807, 2.05) is 25.7 Å². The number of benzene rings is 1. The molecule has 234 valence electrons. The van der Waals surface area contributed by atoms with Crippen molar-refractivity contribution < 1.29 is 38.9 Å². The van der Waals surface area contributed by atoms with E-state index in [0.717, 1.165) is 52.0 Å². The van der Waals surface area contributed by atoms with Crippen LogP contribution in [0, 0.1) is 11.3 Å². The molecule has 1 aromatic rings. The summed E-state index contributed by atoms with van der Waals surface area (Å²) in [6.07, 6.45) is 3.83. The second-order valence-electron chi connectivity index (χ2n) is 11.5. The van der Waals surface area contributed by atoms with Crippen LogP contribution in [-0.2, 0) is 19.1 Å². The van der Waals surface area contributed by atoms with Gasteiger partial charge in [0, 0.05) is 63.5 Å². The first kappa shape index (κ1) is 34.8. The van der Waals surface area contributed by atoms with Crippen LogP contribution < -0.4 is 15.8 Å². The van der Waals surface area contributed by atoms with E-state index in [9.17, 15) is 19.2 Å². The maximum atomic E-state index is 13.0. The molecular weight excluding hydrogens is 568 g/mol. The number of piperidine rings is 2. The number of amides is 2. The van der Waals surface area contributed by atoms with Crippen molar-refractivity contribution in [2.45, 2.75) is 52.2 Å². The Balaban J connectivity index is 0.000000675. The van der Waals surface area contributed by atoms with Crippen molar-refractivity contribution in [3.05, 3.63) is 34.9 Å². The number of methoxy groups -OCH3 is 2. The van der Waals surface area contributed by atoms with Gasteiger partial charge in [-0.3, -0.25) is 9.59 Å². The Morgan fingerprint density at radius 1 is 1.05 bits per heavy atom. The minimum atomic E-state index is -1.26. The molecule has 42 heavy (non-hydrogen) atoms. The molecule has 0 unspecified atom stereocenters. The molecule has 2 amide bonds. The van der Waals surface area contributed by atoms with E-state index in [0.29, 0.717) is 40.1 Å². The Bertz CT molecular complexity index is 1130. The third-order valence-electron chi connectivity index (χ3n) is 7.25. The summed E-state index contributed by atoms with van der Waals surface area (Å²) in [5.74, 6) is -1.58. The average molecular weight is 611 g/mol. The number of hydrogen-bond acceptors (Lipinski definition) is 8. The zero-order valence-electron chi connectivity index (χ0n) is 24.9. The number of nitrogens with two attached hydrogens (primary N) is 1. The summed E-state index contributed by atoms with van der Waals surface area (Å²) in [4.78, 5) is 49.1. The third-order valence-corrected chi connectivity index (χ3v) is 7.58. The molecular formula is C29H43ClN4O8. The molecule has 3 rings (SSSR count). The fourth-order valence-corrected chi connectivity index (χ4v) is 5.18. The lowest BCUT2D eigenvalue weighted by Crippen LogP contribution is -2.56. The first-order valence-corrected chi connectivity index (χ1v) is 14.2. The Morgan fingerprint density at radius 2 is 1.64 bits per heavy atom. The van der Waals surface area contributed by atoms with Crippen LogP contribution >= 0.6 is 11.6 Å². The summed E-state index contributed by atoms with van der Waals surface area (Å²) in [6, 6.07) is 2.99. The topological polar surface area (TPSA) is 172 Å². The second kappa shape index (κ2) is 15.8. The molecule has 12 nitrogen and oxygen atoms in total. The Morgan fingerprint density at radius 3 is 2.14 bits per heavy atom. The molecule has 0 bridgehead atoms. The van der Waals surface area contributed by atoms with E-state index < -0.39 is 11.9 Å². The van der Waals surface area contributed by atoms with Crippen LogP contribution in [0.15, 0.2) is 24.3 Å². The number of carboxylic acids is 2. The molecule has 1 aromatic carbocycles. The number of rotatable bonds is 8. The Labute approximate surface area is 251 Å². The van der Waals surface area contributed by atoms with Crippen LogP contribution in [0.4, 0.5) is 5.69 Å². The largest absolute Gasteiger partial charge is 0.496 e. The minimum absolute atomic E-state index is 0.110. The zero-order chi connectivity index (χ0) is 31.6. The number of ether oxygens (including phenoxy) is 2. The minimum Gasteiger partial charge on any atom is -0.496 e. The van der Waals surface area contributed by atoms with E-state index >= 15 is 0 Å². The molecule has 0 radical (unpaired) electrons. The lowest BCUT2D eigenvalue weighted by atomic mass is 9.90. The summed E-state index contributed by atoms with van der Waals surface area (Å²) in [5, 5.41) is 19.0. The molecule has 2 aliphatic rings. The monoisotopic (exact) mass is 610 g/mol. The van der Waals surface area contributed by atoms with Crippen molar-refractivity contribution in [1.29, 1.82) is 0 Å². The van der Waals surface area contributed by atoms with Crippen LogP contribution in [-0.4, -0.2) is 103 Å². The lowest BCUT2D eigenvalue weighted by molar-refractivity contribution is -0.141.